The third kappa shape index (κ3) is 4.95. The van der Waals surface area contributed by atoms with E-state index in [2.05, 4.69) is 9.82 Å². The van der Waals surface area contributed by atoms with Gasteiger partial charge in [-0.2, -0.15) is 17.9 Å². The van der Waals surface area contributed by atoms with Crippen LogP contribution in [-0.4, -0.2) is 32.7 Å². The van der Waals surface area contributed by atoms with E-state index in [1.807, 2.05) is 0 Å². The minimum Gasteiger partial charge on any atom is -0.284 e. The second-order valence-corrected chi connectivity index (χ2v) is 11.4. The summed E-state index contributed by atoms with van der Waals surface area (Å²) in [5.74, 6) is -1.37. The molecule has 3 aromatic rings. The third-order valence-corrected chi connectivity index (χ3v) is 8.28. The highest BCUT2D eigenvalue weighted by Gasteiger charge is 2.38. The van der Waals surface area contributed by atoms with Crippen LogP contribution in [0.3, 0.4) is 0 Å². The van der Waals surface area contributed by atoms with Crippen LogP contribution in [-0.2, 0) is 20.0 Å². The molecule has 0 amide bonds. The van der Waals surface area contributed by atoms with Crippen molar-refractivity contribution in [3.05, 3.63) is 95.6 Å². The number of nitrogens with one attached hydrogen (secondary N) is 1. The Morgan fingerprint density at radius 1 is 0.941 bits per heavy atom. The van der Waals surface area contributed by atoms with Crippen LogP contribution in [0.1, 0.15) is 30.5 Å². The highest BCUT2D eigenvalue weighted by atomic mass is 32.2. The summed E-state index contributed by atoms with van der Waals surface area (Å²) in [4.78, 5) is -0.289. The fourth-order valence-corrected chi connectivity index (χ4v) is 5.69. The molecule has 0 spiro atoms. The summed E-state index contributed by atoms with van der Waals surface area (Å²) in [5.41, 5.74) is 1.53. The predicted molar refractivity (Wildman–Crippen MR) is 125 cm³/mol. The highest BCUT2D eigenvalue weighted by molar-refractivity contribution is 7.92. The highest BCUT2D eigenvalue weighted by Crippen LogP contribution is 2.37. The van der Waals surface area contributed by atoms with Gasteiger partial charge in [0.05, 0.1) is 22.4 Å². The second-order valence-electron chi connectivity index (χ2n) is 7.64. The lowest BCUT2D eigenvalue weighted by Crippen LogP contribution is -2.27. The van der Waals surface area contributed by atoms with Gasteiger partial charge in [-0.3, -0.25) is 4.72 Å². The van der Waals surface area contributed by atoms with Crippen LogP contribution in [0.25, 0.3) is 0 Å². The molecule has 11 heteroatoms. The molecule has 0 aromatic heterocycles. The molecule has 1 heterocycles. The lowest BCUT2D eigenvalue weighted by Gasteiger charge is -2.23. The van der Waals surface area contributed by atoms with Gasteiger partial charge in [-0.1, -0.05) is 30.3 Å². The second kappa shape index (κ2) is 9.15. The van der Waals surface area contributed by atoms with Crippen molar-refractivity contribution in [3.63, 3.8) is 0 Å². The standard InChI is InChI=1S/C23H21F2N3O4S2/c1-2-33(29,30)27-20-10-4-6-16(13-20)22-15-23(17-7-3-8-18(24)12-17)28(26-22)34(31,32)21-11-5-9-19(25)14-21/h3-14,23,27H,2,15H2,1H3/t23-/m0/s1. The number of hydrazone groups is 1. The van der Waals surface area contributed by atoms with Crippen molar-refractivity contribution in [2.45, 2.75) is 24.3 Å². The number of rotatable bonds is 7. The summed E-state index contributed by atoms with van der Waals surface area (Å²) >= 11 is 0. The van der Waals surface area contributed by atoms with Crippen molar-refractivity contribution < 1.29 is 25.6 Å². The largest absolute Gasteiger partial charge is 0.284 e. The molecule has 1 aliphatic heterocycles. The van der Waals surface area contributed by atoms with E-state index in [-0.39, 0.29) is 17.1 Å². The fourth-order valence-electron chi connectivity index (χ4n) is 3.60. The van der Waals surface area contributed by atoms with Crippen molar-refractivity contribution in [1.82, 2.24) is 4.41 Å². The Bertz CT molecular complexity index is 1470. The molecule has 34 heavy (non-hydrogen) atoms. The van der Waals surface area contributed by atoms with Gasteiger partial charge in [0.15, 0.2) is 0 Å². The molecule has 1 N–H and O–H groups in total. The molecule has 0 radical (unpaired) electrons. The van der Waals surface area contributed by atoms with Gasteiger partial charge in [0.2, 0.25) is 10.0 Å². The van der Waals surface area contributed by atoms with Crippen LogP contribution in [0.15, 0.2) is 82.8 Å². The Kier molecular flexibility index (Phi) is 6.41. The summed E-state index contributed by atoms with van der Waals surface area (Å²) in [7, 11) is -7.80. The first-order valence-corrected chi connectivity index (χ1v) is 13.4. The Balaban J connectivity index is 1.78. The molecule has 7 nitrogen and oxygen atoms in total. The van der Waals surface area contributed by atoms with Crippen LogP contribution in [0.5, 0.6) is 0 Å². The number of nitrogens with zero attached hydrogens (tertiary/aromatic N) is 2. The summed E-state index contributed by atoms with van der Waals surface area (Å²) in [5, 5.41) is 4.32. The molecule has 0 saturated heterocycles. The molecule has 1 atom stereocenters. The maximum atomic E-state index is 14.0. The Morgan fingerprint density at radius 3 is 2.29 bits per heavy atom. The summed E-state index contributed by atoms with van der Waals surface area (Å²) in [6.45, 7) is 1.51. The fraction of sp³-hybridized carbons (Fsp3) is 0.174. The normalized spacial score (nSPS) is 16.4. The average Bonchev–Trinajstić information content (AvgIpc) is 3.26. The molecule has 0 bridgehead atoms. The number of benzene rings is 3. The van der Waals surface area contributed by atoms with Gasteiger partial charge in [0.1, 0.15) is 11.6 Å². The quantitative estimate of drug-likeness (QED) is 0.519. The predicted octanol–water partition coefficient (Wildman–Crippen LogP) is 4.27. The van der Waals surface area contributed by atoms with Crippen molar-refractivity contribution in [1.29, 1.82) is 0 Å². The van der Waals surface area contributed by atoms with Gasteiger partial charge in [0, 0.05) is 12.1 Å². The first kappa shape index (κ1) is 23.8. The van der Waals surface area contributed by atoms with Crippen LogP contribution in [0, 0.1) is 11.6 Å². The van der Waals surface area contributed by atoms with Gasteiger partial charge >= 0.3 is 0 Å². The van der Waals surface area contributed by atoms with E-state index in [9.17, 15) is 25.6 Å². The van der Waals surface area contributed by atoms with Crippen LogP contribution < -0.4 is 4.72 Å². The van der Waals surface area contributed by atoms with Gasteiger partial charge in [0.25, 0.3) is 10.0 Å². The Morgan fingerprint density at radius 2 is 1.62 bits per heavy atom. The van der Waals surface area contributed by atoms with Crippen molar-refractivity contribution in [2.24, 2.45) is 5.10 Å². The molecule has 0 aliphatic carbocycles. The summed E-state index contributed by atoms with van der Waals surface area (Å²) in [6.07, 6.45) is 0.0992. The van der Waals surface area contributed by atoms with E-state index in [4.69, 9.17) is 0 Å². The lowest BCUT2D eigenvalue weighted by atomic mass is 9.99. The monoisotopic (exact) mass is 505 g/mol. The Labute approximate surface area is 196 Å². The van der Waals surface area contributed by atoms with Crippen molar-refractivity contribution in [3.8, 4) is 0 Å². The topological polar surface area (TPSA) is 95.9 Å². The van der Waals surface area contributed by atoms with Gasteiger partial charge < -0.3 is 0 Å². The smallest absolute Gasteiger partial charge is 0.279 e. The van der Waals surface area contributed by atoms with Crippen LogP contribution >= 0.6 is 0 Å². The SMILES string of the molecule is CCS(=O)(=O)Nc1cccc(C2=NN(S(=O)(=O)c3cccc(F)c3)[C@H](c3cccc(F)c3)C2)c1. The molecular weight excluding hydrogens is 484 g/mol. The van der Waals surface area contributed by atoms with Gasteiger partial charge in [-0.25, -0.2) is 17.2 Å². The number of anilines is 1. The minimum atomic E-state index is -4.28. The number of hydrogen-bond acceptors (Lipinski definition) is 5. The molecule has 1 aliphatic rings. The number of halogens is 2. The maximum absolute atomic E-state index is 14.0. The first-order chi connectivity index (χ1) is 16.1. The number of hydrogen-bond donors (Lipinski definition) is 1. The first-order valence-electron chi connectivity index (χ1n) is 10.3. The minimum absolute atomic E-state index is 0.0992. The third-order valence-electron chi connectivity index (χ3n) is 5.30. The number of sulfonamides is 2. The molecule has 0 saturated carbocycles. The van der Waals surface area contributed by atoms with Crippen LogP contribution in [0.2, 0.25) is 0 Å². The van der Waals surface area contributed by atoms with Crippen molar-refractivity contribution in [2.75, 3.05) is 10.5 Å². The lowest BCUT2D eigenvalue weighted by molar-refractivity contribution is 0.370. The van der Waals surface area contributed by atoms with Crippen molar-refractivity contribution >= 4 is 31.4 Å². The average molecular weight is 506 g/mol. The van der Waals surface area contributed by atoms with Gasteiger partial charge in [-0.05, 0) is 60.5 Å². The van der Waals surface area contributed by atoms with E-state index in [0.717, 1.165) is 16.5 Å². The van der Waals surface area contributed by atoms with Crippen LogP contribution in [0.4, 0.5) is 14.5 Å². The van der Waals surface area contributed by atoms with E-state index in [0.29, 0.717) is 22.5 Å². The zero-order valence-electron chi connectivity index (χ0n) is 18.0. The molecule has 3 aromatic carbocycles. The molecule has 4 rings (SSSR count). The van der Waals surface area contributed by atoms with E-state index in [1.54, 1.807) is 30.3 Å². The summed E-state index contributed by atoms with van der Waals surface area (Å²) in [6, 6.07) is 15.6. The molecule has 0 unspecified atom stereocenters. The van der Waals surface area contributed by atoms with E-state index >= 15 is 0 Å². The Hall–Kier alpha value is -3.31. The van der Waals surface area contributed by atoms with E-state index < -0.39 is 37.7 Å². The molecular formula is C23H21F2N3O4S2. The summed E-state index contributed by atoms with van der Waals surface area (Å²) < 4.78 is 81.7. The molecule has 0 fully saturated rings. The zero-order valence-corrected chi connectivity index (χ0v) is 19.7. The molecule has 178 valence electrons. The van der Waals surface area contributed by atoms with Gasteiger partial charge in [-0.15, -0.1) is 0 Å². The maximum Gasteiger partial charge on any atom is 0.279 e. The zero-order chi connectivity index (χ0) is 24.5. The van der Waals surface area contributed by atoms with E-state index in [1.165, 1.54) is 37.3 Å².